The number of fused-ring (bicyclic) bond motifs is 1. The Hall–Kier alpha value is -3.78. The van der Waals surface area contributed by atoms with E-state index in [1.807, 2.05) is 51.1 Å². The second-order valence-corrected chi connectivity index (χ2v) is 8.82. The van der Waals surface area contributed by atoms with Crippen molar-refractivity contribution in [2.75, 3.05) is 13.2 Å². The lowest BCUT2D eigenvalue weighted by Gasteiger charge is -2.14. The molecule has 0 bridgehead atoms. The number of amides is 1. The SMILES string of the molecule is CCOc1ccc2oc(C(=O)N/N=C/c3cc(OCC)c(OCc4ccc(C)cc4)cc3Br)cc2c1. The molecular weight excluding hydrogens is 524 g/mol. The fraction of sp³-hybridized carbons (Fsp3) is 0.214. The zero-order valence-corrected chi connectivity index (χ0v) is 21.9. The summed E-state index contributed by atoms with van der Waals surface area (Å²) < 4.78 is 23.7. The number of carbonyl (C=O) groups excluding carboxylic acids is 1. The van der Waals surface area contributed by atoms with Crippen LogP contribution in [0.3, 0.4) is 0 Å². The van der Waals surface area contributed by atoms with Crippen molar-refractivity contribution in [1.82, 2.24) is 5.43 Å². The van der Waals surface area contributed by atoms with E-state index in [-0.39, 0.29) is 5.76 Å². The third-order valence-electron chi connectivity index (χ3n) is 5.27. The molecule has 0 aliphatic heterocycles. The second kappa shape index (κ2) is 11.8. The van der Waals surface area contributed by atoms with E-state index in [0.717, 1.165) is 21.2 Å². The first kappa shape index (κ1) is 25.3. The van der Waals surface area contributed by atoms with Crippen molar-refractivity contribution in [1.29, 1.82) is 0 Å². The first-order valence-corrected chi connectivity index (χ1v) is 12.4. The zero-order chi connectivity index (χ0) is 25.5. The molecule has 1 heterocycles. The summed E-state index contributed by atoms with van der Waals surface area (Å²) in [6.07, 6.45) is 1.53. The predicted octanol–water partition coefficient (Wildman–Crippen LogP) is 6.64. The van der Waals surface area contributed by atoms with Crippen LogP contribution in [0.15, 0.2) is 74.7 Å². The Bertz CT molecular complexity index is 1380. The molecule has 8 heteroatoms. The van der Waals surface area contributed by atoms with Crippen molar-refractivity contribution in [3.8, 4) is 17.2 Å². The number of aryl methyl sites for hydroxylation is 1. The molecule has 0 atom stereocenters. The molecule has 1 N–H and O–H groups in total. The first-order chi connectivity index (χ1) is 17.5. The fourth-order valence-corrected chi connectivity index (χ4v) is 3.91. The lowest BCUT2D eigenvalue weighted by molar-refractivity contribution is 0.0929. The van der Waals surface area contributed by atoms with Gasteiger partial charge < -0.3 is 18.6 Å². The first-order valence-electron chi connectivity index (χ1n) is 11.6. The van der Waals surface area contributed by atoms with Crippen LogP contribution in [0.25, 0.3) is 11.0 Å². The molecule has 186 valence electrons. The highest BCUT2D eigenvalue weighted by Crippen LogP contribution is 2.34. The van der Waals surface area contributed by atoms with Gasteiger partial charge in [-0.2, -0.15) is 5.10 Å². The van der Waals surface area contributed by atoms with Gasteiger partial charge in [-0.1, -0.05) is 29.8 Å². The van der Waals surface area contributed by atoms with Crippen molar-refractivity contribution in [3.05, 3.63) is 87.6 Å². The van der Waals surface area contributed by atoms with Gasteiger partial charge in [-0.3, -0.25) is 4.79 Å². The van der Waals surface area contributed by atoms with E-state index in [0.29, 0.717) is 42.5 Å². The number of hydrogen-bond donors (Lipinski definition) is 1. The van der Waals surface area contributed by atoms with Gasteiger partial charge in [0, 0.05) is 15.4 Å². The minimum atomic E-state index is -0.459. The van der Waals surface area contributed by atoms with Crippen LogP contribution in [0, 0.1) is 6.92 Å². The van der Waals surface area contributed by atoms with E-state index >= 15 is 0 Å². The number of hydrogen-bond acceptors (Lipinski definition) is 6. The monoisotopic (exact) mass is 550 g/mol. The number of rotatable bonds is 10. The van der Waals surface area contributed by atoms with Gasteiger partial charge in [0.1, 0.15) is 17.9 Å². The second-order valence-electron chi connectivity index (χ2n) is 7.97. The van der Waals surface area contributed by atoms with Crippen LogP contribution < -0.4 is 19.6 Å². The quantitative estimate of drug-likeness (QED) is 0.176. The van der Waals surface area contributed by atoms with Crippen LogP contribution in [-0.2, 0) is 6.61 Å². The van der Waals surface area contributed by atoms with Gasteiger partial charge in [0.2, 0.25) is 0 Å². The smallest absolute Gasteiger partial charge is 0.307 e. The molecule has 0 fully saturated rings. The third-order valence-corrected chi connectivity index (χ3v) is 5.96. The molecule has 0 unspecified atom stereocenters. The number of furan rings is 1. The Morgan fingerprint density at radius 2 is 1.72 bits per heavy atom. The third kappa shape index (κ3) is 6.26. The Morgan fingerprint density at radius 1 is 0.972 bits per heavy atom. The van der Waals surface area contributed by atoms with Crippen LogP contribution >= 0.6 is 15.9 Å². The summed E-state index contributed by atoms with van der Waals surface area (Å²) in [5.41, 5.74) is 6.08. The van der Waals surface area contributed by atoms with E-state index in [9.17, 15) is 4.79 Å². The van der Waals surface area contributed by atoms with E-state index in [4.69, 9.17) is 18.6 Å². The van der Waals surface area contributed by atoms with E-state index in [1.54, 1.807) is 18.2 Å². The van der Waals surface area contributed by atoms with Crippen molar-refractivity contribution >= 4 is 39.0 Å². The molecule has 0 spiro atoms. The summed E-state index contributed by atoms with van der Waals surface area (Å²) in [6.45, 7) is 7.33. The molecule has 0 saturated heterocycles. The molecular formula is C28H27BrN2O5. The number of nitrogens with one attached hydrogen (secondary N) is 1. The lowest BCUT2D eigenvalue weighted by Crippen LogP contribution is -2.16. The Labute approximate surface area is 218 Å². The molecule has 4 rings (SSSR count). The topological polar surface area (TPSA) is 82.3 Å². The number of ether oxygens (including phenoxy) is 3. The van der Waals surface area contributed by atoms with Crippen molar-refractivity contribution in [2.45, 2.75) is 27.4 Å². The largest absolute Gasteiger partial charge is 0.494 e. The van der Waals surface area contributed by atoms with Crippen LogP contribution in [0.1, 0.15) is 41.1 Å². The van der Waals surface area contributed by atoms with Gasteiger partial charge in [0.05, 0.1) is 19.4 Å². The van der Waals surface area contributed by atoms with E-state index in [2.05, 4.69) is 38.6 Å². The highest BCUT2D eigenvalue weighted by Gasteiger charge is 2.13. The molecule has 0 aliphatic carbocycles. The highest BCUT2D eigenvalue weighted by molar-refractivity contribution is 9.10. The van der Waals surface area contributed by atoms with E-state index in [1.165, 1.54) is 11.8 Å². The van der Waals surface area contributed by atoms with Crippen molar-refractivity contribution in [2.24, 2.45) is 5.10 Å². The van der Waals surface area contributed by atoms with Gasteiger partial charge in [-0.25, -0.2) is 5.43 Å². The lowest BCUT2D eigenvalue weighted by atomic mass is 10.1. The number of nitrogens with zero attached hydrogens (tertiary/aromatic N) is 1. The minimum Gasteiger partial charge on any atom is -0.494 e. The summed E-state index contributed by atoms with van der Waals surface area (Å²) >= 11 is 3.55. The van der Waals surface area contributed by atoms with Gasteiger partial charge >= 0.3 is 5.91 Å². The van der Waals surface area contributed by atoms with Crippen molar-refractivity contribution in [3.63, 3.8) is 0 Å². The van der Waals surface area contributed by atoms with Crippen LogP contribution in [0.5, 0.6) is 17.2 Å². The maximum Gasteiger partial charge on any atom is 0.307 e. The molecule has 7 nitrogen and oxygen atoms in total. The van der Waals surface area contributed by atoms with Gasteiger partial charge in [-0.15, -0.1) is 0 Å². The maximum absolute atomic E-state index is 12.6. The molecule has 0 aliphatic rings. The maximum atomic E-state index is 12.6. The van der Waals surface area contributed by atoms with Crippen LogP contribution in [0.4, 0.5) is 0 Å². The summed E-state index contributed by atoms with van der Waals surface area (Å²) in [4.78, 5) is 12.6. The van der Waals surface area contributed by atoms with Gasteiger partial charge in [-0.05, 0) is 78.7 Å². The average molecular weight is 551 g/mol. The summed E-state index contributed by atoms with van der Waals surface area (Å²) in [6, 6.07) is 18.9. The molecule has 0 radical (unpaired) electrons. The van der Waals surface area contributed by atoms with Gasteiger partial charge in [0.15, 0.2) is 17.3 Å². The van der Waals surface area contributed by atoms with Gasteiger partial charge in [0.25, 0.3) is 0 Å². The van der Waals surface area contributed by atoms with Crippen LogP contribution in [-0.4, -0.2) is 25.3 Å². The van der Waals surface area contributed by atoms with Crippen LogP contribution in [0.2, 0.25) is 0 Å². The summed E-state index contributed by atoms with van der Waals surface area (Å²) in [5, 5.41) is 4.87. The molecule has 4 aromatic rings. The van der Waals surface area contributed by atoms with Crippen molar-refractivity contribution < 1.29 is 23.4 Å². The number of hydrazone groups is 1. The Kier molecular flexibility index (Phi) is 8.28. The molecule has 36 heavy (non-hydrogen) atoms. The normalized spacial score (nSPS) is 11.1. The predicted molar refractivity (Wildman–Crippen MR) is 143 cm³/mol. The fourth-order valence-electron chi connectivity index (χ4n) is 3.48. The number of benzene rings is 3. The molecule has 0 saturated carbocycles. The van der Waals surface area contributed by atoms with E-state index < -0.39 is 5.91 Å². The highest BCUT2D eigenvalue weighted by atomic mass is 79.9. The zero-order valence-electron chi connectivity index (χ0n) is 20.3. The summed E-state index contributed by atoms with van der Waals surface area (Å²) in [7, 11) is 0. The standard InChI is InChI=1S/C28H27BrN2O5/c1-4-33-22-10-11-24-20(12-22)13-27(36-24)28(32)31-30-16-21-14-25(34-5-2)26(15-23(21)29)35-17-19-8-6-18(3)7-9-19/h6-16H,4-5,17H2,1-3H3,(H,31,32)/b30-16+. The minimum absolute atomic E-state index is 0.157. The molecule has 1 aromatic heterocycles. The number of halogens is 1. The molecule has 3 aromatic carbocycles. The molecule has 1 amide bonds. The Balaban J connectivity index is 1.45. The average Bonchev–Trinajstić information content (AvgIpc) is 3.30. The number of carbonyl (C=O) groups is 1. The summed E-state index contributed by atoms with van der Waals surface area (Å²) in [5.74, 6) is 1.61. The Morgan fingerprint density at radius 3 is 2.47 bits per heavy atom.